The van der Waals surface area contributed by atoms with E-state index >= 15 is 0 Å². The lowest BCUT2D eigenvalue weighted by Crippen LogP contribution is -2.36. The minimum absolute atomic E-state index is 0.0934. The highest BCUT2D eigenvalue weighted by Gasteiger charge is 2.47. The maximum atomic E-state index is 11.6. The molecule has 0 radical (unpaired) electrons. The van der Waals surface area contributed by atoms with Crippen molar-refractivity contribution in [2.75, 3.05) is 5.32 Å². The van der Waals surface area contributed by atoms with Gasteiger partial charge in [-0.25, -0.2) is 0 Å². The maximum absolute atomic E-state index is 11.6. The molecule has 1 amide bonds. The lowest BCUT2D eigenvalue weighted by atomic mass is 9.91. The van der Waals surface area contributed by atoms with Crippen LogP contribution in [0.3, 0.4) is 0 Å². The Morgan fingerprint density at radius 3 is 2.72 bits per heavy atom. The number of carboxylic acid groups (broad SMARTS) is 1. The SMILES string of the molecule is O=C(O)CC1(O)C(=O)Nc2ccc([N+](=O)[O-])cc21. The van der Waals surface area contributed by atoms with Crippen molar-refractivity contribution in [3.05, 3.63) is 33.9 Å². The van der Waals surface area contributed by atoms with Gasteiger partial charge in [0, 0.05) is 23.4 Å². The Hall–Kier alpha value is -2.48. The lowest BCUT2D eigenvalue weighted by molar-refractivity contribution is -0.385. The first-order valence-electron chi connectivity index (χ1n) is 4.89. The van der Waals surface area contributed by atoms with E-state index in [-0.39, 0.29) is 16.9 Å². The number of aliphatic hydroxyl groups is 1. The summed E-state index contributed by atoms with van der Waals surface area (Å²) in [6.45, 7) is 0. The molecule has 1 aromatic carbocycles. The van der Waals surface area contributed by atoms with E-state index in [1.807, 2.05) is 0 Å². The average molecular weight is 252 g/mol. The van der Waals surface area contributed by atoms with Crippen LogP contribution in [0.25, 0.3) is 0 Å². The van der Waals surface area contributed by atoms with E-state index in [0.717, 1.165) is 12.1 Å². The van der Waals surface area contributed by atoms with Gasteiger partial charge in [-0.15, -0.1) is 0 Å². The molecule has 1 atom stereocenters. The molecule has 1 aliphatic rings. The zero-order valence-corrected chi connectivity index (χ0v) is 8.91. The monoisotopic (exact) mass is 252 g/mol. The van der Waals surface area contributed by atoms with Crippen LogP contribution < -0.4 is 5.32 Å². The highest BCUT2D eigenvalue weighted by molar-refractivity contribution is 6.06. The predicted octanol–water partition coefficient (Wildman–Crippen LogP) is 0.209. The van der Waals surface area contributed by atoms with Crippen molar-refractivity contribution in [1.82, 2.24) is 0 Å². The molecule has 8 heteroatoms. The van der Waals surface area contributed by atoms with Gasteiger partial charge in [0.25, 0.3) is 11.6 Å². The van der Waals surface area contributed by atoms with Crippen LogP contribution in [0.15, 0.2) is 18.2 Å². The summed E-state index contributed by atoms with van der Waals surface area (Å²) in [7, 11) is 0. The first-order valence-corrected chi connectivity index (χ1v) is 4.89. The molecule has 18 heavy (non-hydrogen) atoms. The smallest absolute Gasteiger partial charge is 0.307 e. The summed E-state index contributed by atoms with van der Waals surface area (Å²) < 4.78 is 0. The van der Waals surface area contributed by atoms with Crippen LogP contribution in [0, 0.1) is 10.1 Å². The number of nitro benzene ring substituents is 1. The number of anilines is 1. The number of amides is 1. The van der Waals surface area contributed by atoms with Crippen molar-refractivity contribution in [3.63, 3.8) is 0 Å². The van der Waals surface area contributed by atoms with Gasteiger partial charge in [-0.2, -0.15) is 0 Å². The summed E-state index contributed by atoms with van der Waals surface area (Å²) in [6.07, 6.45) is -0.854. The van der Waals surface area contributed by atoms with Crippen LogP contribution in [-0.4, -0.2) is 27.0 Å². The number of nitrogens with zero attached hydrogens (tertiary/aromatic N) is 1. The fourth-order valence-electron chi connectivity index (χ4n) is 1.84. The molecule has 1 unspecified atom stereocenters. The number of aliphatic carboxylic acids is 1. The zero-order chi connectivity index (χ0) is 13.5. The molecule has 0 fully saturated rings. The van der Waals surface area contributed by atoms with E-state index in [9.17, 15) is 24.8 Å². The van der Waals surface area contributed by atoms with Gasteiger partial charge in [0.2, 0.25) is 0 Å². The van der Waals surface area contributed by atoms with E-state index in [1.165, 1.54) is 6.07 Å². The molecule has 94 valence electrons. The van der Waals surface area contributed by atoms with Gasteiger partial charge in [0.15, 0.2) is 5.60 Å². The topological polar surface area (TPSA) is 130 Å². The largest absolute Gasteiger partial charge is 0.481 e. The van der Waals surface area contributed by atoms with E-state index in [2.05, 4.69) is 5.32 Å². The van der Waals surface area contributed by atoms with Crippen LogP contribution in [0.5, 0.6) is 0 Å². The number of nitro groups is 1. The molecule has 1 heterocycles. The van der Waals surface area contributed by atoms with Gasteiger partial charge in [-0.1, -0.05) is 0 Å². The second-order valence-corrected chi connectivity index (χ2v) is 3.87. The van der Waals surface area contributed by atoms with Crippen molar-refractivity contribution in [2.45, 2.75) is 12.0 Å². The zero-order valence-electron chi connectivity index (χ0n) is 8.91. The fraction of sp³-hybridized carbons (Fsp3) is 0.200. The number of rotatable bonds is 3. The fourth-order valence-corrected chi connectivity index (χ4v) is 1.84. The van der Waals surface area contributed by atoms with E-state index < -0.39 is 28.8 Å². The van der Waals surface area contributed by atoms with Gasteiger partial charge in [-0.3, -0.25) is 19.7 Å². The summed E-state index contributed by atoms with van der Waals surface area (Å²) in [5, 5.41) is 31.7. The molecule has 0 bridgehead atoms. The van der Waals surface area contributed by atoms with E-state index in [0.29, 0.717) is 0 Å². The first kappa shape index (κ1) is 12.0. The molecule has 3 N–H and O–H groups in total. The van der Waals surface area contributed by atoms with Gasteiger partial charge in [-0.05, 0) is 6.07 Å². The van der Waals surface area contributed by atoms with Gasteiger partial charge < -0.3 is 15.5 Å². The third-order valence-electron chi connectivity index (χ3n) is 2.69. The number of fused-ring (bicyclic) bond motifs is 1. The third kappa shape index (κ3) is 1.68. The molecular weight excluding hydrogens is 244 g/mol. The van der Waals surface area contributed by atoms with Crippen molar-refractivity contribution in [2.24, 2.45) is 0 Å². The van der Waals surface area contributed by atoms with Crippen LogP contribution in [0.1, 0.15) is 12.0 Å². The molecule has 0 spiro atoms. The highest BCUT2D eigenvalue weighted by atomic mass is 16.6. The highest BCUT2D eigenvalue weighted by Crippen LogP contribution is 2.40. The Morgan fingerprint density at radius 1 is 1.50 bits per heavy atom. The second kappa shape index (κ2) is 3.77. The number of hydrogen-bond acceptors (Lipinski definition) is 5. The van der Waals surface area contributed by atoms with Crippen LogP contribution in [0.2, 0.25) is 0 Å². The number of nitrogens with one attached hydrogen (secondary N) is 1. The first-order chi connectivity index (χ1) is 8.34. The maximum Gasteiger partial charge on any atom is 0.307 e. The van der Waals surface area contributed by atoms with E-state index in [4.69, 9.17) is 5.11 Å². The minimum atomic E-state index is -2.27. The average Bonchev–Trinajstić information content (AvgIpc) is 2.50. The Morgan fingerprint density at radius 2 is 2.17 bits per heavy atom. The van der Waals surface area contributed by atoms with Crippen molar-refractivity contribution >= 4 is 23.3 Å². The van der Waals surface area contributed by atoms with E-state index in [1.54, 1.807) is 0 Å². The number of non-ortho nitro benzene ring substituents is 1. The Balaban J connectivity index is 2.55. The van der Waals surface area contributed by atoms with Gasteiger partial charge >= 0.3 is 5.97 Å². The number of carbonyl (C=O) groups is 2. The Bertz CT molecular complexity index is 569. The van der Waals surface area contributed by atoms with Crippen LogP contribution >= 0.6 is 0 Å². The molecule has 0 saturated carbocycles. The van der Waals surface area contributed by atoms with Gasteiger partial charge in [0.1, 0.15) is 0 Å². The summed E-state index contributed by atoms with van der Waals surface area (Å²) in [5.41, 5.74) is -2.51. The molecule has 2 rings (SSSR count). The quantitative estimate of drug-likeness (QED) is 0.520. The molecule has 8 nitrogen and oxygen atoms in total. The molecule has 1 aromatic rings. The molecule has 0 aliphatic carbocycles. The van der Waals surface area contributed by atoms with Crippen LogP contribution in [-0.2, 0) is 15.2 Å². The summed E-state index contributed by atoms with van der Waals surface area (Å²) in [5.74, 6) is -2.28. The molecular formula is C10H8N2O6. The van der Waals surface area contributed by atoms with Gasteiger partial charge in [0.05, 0.1) is 11.3 Å². The third-order valence-corrected chi connectivity index (χ3v) is 2.69. The normalized spacial score (nSPS) is 21.3. The predicted molar refractivity (Wildman–Crippen MR) is 57.9 cm³/mol. The summed E-state index contributed by atoms with van der Waals surface area (Å²) in [4.78, 5) is 32.2. The number of benzene rings is 1. The number of carboxylic acids is 1. The molecule has 0 aromatic heterocycles. The standard InChI is InChI=1S/C10H8N2O6/c13-8(14)4-10(16)6-3-5(12(17)18)1-2-7(6)11-9(10)15/h1-3,16H,4H2,(H,11,15)(H,13,14). The molecule has 1 aliphatic heterocycles. The lowest BCUT2D eigenvalue weighted by Gasteiger charge is -2.17. The van der Waals surface area contributed by atoms with Crippen molar-refractivity contribution < 1.29 is 24.7 Å². The van der Waals surface area contributed by atoms with Crippen molar-refractivity contribution in [3.8, 4) is 0 Å². The number of carbonyl (C=O) groups excluding carboxylic acids is 1. The van der Waals surface area contributed by atoms with Crippen LogP contribution in [0.4, 0.5) is 11.4 Å². The number of hydrogen-bond donors (Lipinski definition) is 3. The summed E-state index contributed by atoms with van der Waals surface area (Å²) in [6, 6.07) is 3.41. The van der Waals surface area contributed by atoms with Crippen molar-refractivity contribution in [1.29, 1.82) is 0 Å². The second-order valence-electron chi connectivity index (χ2n) is 3.87. The Labute approximate surface area is 100.0 Å². The minimum Gasteiger partial charge on any atom is -0.481 e. The molecule has 0 saturated heterocycles. The summed E-state index contributed by atoms with van der Waals surface area (Å²) >= 11 is 0. The Kier molecular flexibility index (Phi) is 2.51.